The minimum Gasteiger partial charge on any atom is -0.480 e. The maximum Gasteiger partial charge on any atom is 0.407 e. The number of hydrogen-bond acceptors (Lipinski definition) is 7. The number of carbonyl (C=O) groups is 2. The number of rotatable bonds is 7. The molecule has 2 amide bonds. The highest BCUT2D eigenvalue weighted by molar-refractivity contribution is 5.91. The number of methoxy groups -OCH3 is 1. The van der Waals surface area contributed by atoms with Gasteiger partial charge in [-0.2, -0.15) is 5.10 Å². The molecule has 0 aliphatic heterocycles. The molecule has 2 heterocycles. The third-order valence-corrected chi connectivity index (χ3v) is 5.60. The van der Waals surface area contributed by atoms with Gasteiger partial charge < -0.3 is 20.1 Å². The van der Waals surface area contributed by atoms with Gasteiger partial charge in [0.05, 0.1) is 31.6 Å². The second-order valence-electron chi connectivity index (χ2n) is 8.21. The quantitative estimate of drug-likeness (QED) is 0.633. The van der Waals surface area contributed by atoms with Crippen molar-refractivity contribution in [1.82, 2.24) is 25.5 Å². The number of nitrogens with one attached hydrogen (secondary N) is 3. The van der Waals surface area contributed by atoms with E-state index >= 15 is 0 Å². The van der Waals surface area contributed by atoms with Crippen molar-refractivity contribution < 1.29 is 19.1 Å². The normalized spacial score (nSPS) is 21.7. The van der Waals surface area contributed by atoms with Crippen LogP contribution in [0, 0.1) is 0 Å². The van der Waals surface area contributed by atoms with Gasteiger partial charge in [-0.05, 0) is 39.0 Å². The standard InChI is InChI=1S/C20H26N6O4/c1-20(5-6-20)24-19(28)30-14-4-3-12(7-14)15-9-16(26-25-15)23-17(27)8-13-10-22-18(29-2)11-21-13/h9-12,14H,3-8H2,1-2H3,(H,24,28)(H2,23,25,26,27)/t12-,14?/m0/s1. The van der Waals surface area contributed by atoms with E-state index in [0.717, 1.165) is 37.8 Å². The highest BCUT2D eigenvalue weighted by atomic mass is 16.6. The summed E-state index contributed by atoms with van der Waals surface area (Å²) in [5, 5.41) is 12.8. The van der Waals surface area contributed by atoms with E-state index in [4.69, 9.17) is 9.47 Å². The molecule has 4 rings (SSSR count). The van der Waals surface area contributed by atoms with Crippen molar-refractivity contribution in [3.05, 3.63) is 29.8 Å². The molecule has 10 nitrogen and oxygen atoms in total. The summed E-state index contributed by atoms with van der Waals surface area (Å²) < 4.78 is 10.5. The van der Waals surface area contributed by atoms with Crippen molar-refractivity contribution in [1.29, 1.82) is 0 Å². The molecule has 2 aliphatic carbocycles. The third-order valence-electron chi connectivity index (χ3n) is 5.60. The minimum atomic E-state index is -0.333. The topological polar surface area (TPSA) is 131 Å². The van der Waals surface area contributed by atoms with Gasteiger partial charge in [0.15, 0.2) is 5.82 Å². The summed E-state index contributed by atoms with van der Waals surface area (Å²) in [5.74, 6) is 0.838. The van der Waals surface area contributed by atoms with Crippen molar-refractivity contribution in [3.63, 3.8) is 0 Å². The lowest BCUT2D eigenvalue weighted by atomic mass is 10.0. The van der Waals surface area contributed by atoms with Crippen LogP contribution >= 0.6 is 0 Å². The molecule has 2 aromatic rings. The fourth-order valence-corrected chi connectivity index (χ4v) is 3.57. The Labute approximate surface area is 174 Å². The minimum absolute atomic E-state index is 0.0804. The molecule has 10 heteroatoms. The number of alkyl carbamates (subject to hydrolysis) is 1. The molecule has 0 aromatic carbocycles. The Balaban J connectivity index is 1.25. The van der Waals surface area contributed by atoms with Crippen molar-refractivity contribution in [2.45, 2.75) is 63.0 Å². The van der Waals surface area contributed by atoms with Gasteiger partial charge in [-0.15, -0.1) is 0 Å². The molecular weight excluding hydrogens is 388 g/mol. The van der Waals surface area contributed by atoms with Crippen molar-refractivity contribution >= 4 is 17.8 Å². The van der Waals surface area contributed by atoms with Crippen LogP contribution in [-0.4, -0.2) is 50.9 Å². The molecule has 0 bridgehead atoms. The average Bonchev–Trinajstić information content (AvgIpc) is 3.09. The number of anilines is 1. The lowest BCUT2D eigenvalue weighted by molar-refractivity contribution is -0.115. The summed E-state index contributed by atoms with van der Waals surface area (Å²) in [7, 11) is 1.51. The van der Waals surface area contributed by atoms with Crippen LogP contribution in [0.25, 0.3) is 0 Å². The van der Waals surface area contributed by atoms with E-state index < -0.39 is 0 Å². The Morgan fingerprint density at radius 1 is 1.27 bits per heavy atom. The number of amides is 2. The first-order valence-corrected chi connectivity index (χ1v) is 10.1. The van der Waals surface area contributed by atoms with Crippen LogP contribution in [0.4, 0.5) is 10.6 Å². The lowest BCUT2D eigenvalue weighted by Crippen LogP contribution is -2.36. The van der Waals surface area contributed by atoms with Crippen LogP contribution in [0.1, 0.15) is 56.3 Å². The van der Waals surface area contributed by atoms with E-state index in [1.54, 1.807) is 0 Å². The van der Waals surface area contributed by atoms with E-state index in [1.165, 1.54) is 19.5 Å². The van der Waals surface area contributed by atoms with Gasteiger partial charge in [-0.3, -0.25) is 14.9 Å². The summed E-state index contributed by atoms with van der Waals surface area (Å²) >= 11 is 0. The first-order valence-electron chi connectivity index (χ1n) is 10.1. The highest BCUT2D eigenvalue weighted by Crippen LogP contribution is 2.37. The molecule has 0 spiro atoms. The third kappa shape index (κ3) is 5.05. The summed E-state index contributed by atoms with van der Waals surface area (Å²) in [6.45, 7) is 2.02. The maximum absolute atomic E-state index is 12.2. The largest absolute Gasteiger partial charge is 0.480 e. The summed E-state index contributed by atoms with van der Waals surface area (Å²) in [6, 6.07) is 1.83. The Kier molecular flexibility index (Phi) is 5.56. The number of carbonyl (C=O) groups excluding carboxylic acids is 2. The first kappa shape index (κ1) is 20.1. The smallest absolute Gasteiger partial charge is 0.407 e. The molecular formula is C20H26N6O4. The van der Waals surface area contributed by atoms with Gasteiger partial charge in [-0.25, -0.2) is 9.78 Å². The summed E-state index contributed by atoms with van der Waals surface area (Å²) in [6.07, 6.45) is 7.08. The number of aromatic amines is 1. The van der Waals surface area contributed by atoms with Crippen molar-refractivity contribution in [3.8, 4) is 5.88 Å². The van der Waals surface area contributed by atoms with Crippen LogP contribution in [0.2, 0.25) is 0 Å². The zero-order valence-corrected chi connectivity index (χ0v) is 17.1. The number of hydrogen-bond donors (Lipinski definition) is 3. The molecule has 2 fully saturated rings. The number of ether oxygens (including phenoxy) is 2. The zero-order valence-electron chi connectivity index (χ0n) is 17.1. The predicted molar refractivity (Wildman–Crippen MR) is 107 cm³/mol. The lowest BCUT2D eigenvalue weighted by Gasteiger charge is -2.16. The molecule has 2 saturated carbocycles. The van der Waals surface area contributed by atoms with Crippen molar-refractivity contribution in [2.24, 2.45) is 0 Å². The fourth-order valence-electron chi connectivity index (χ4n) is 3.57. The zero-order chi connectivity index (χ0) is 21.1. The van der Waals surface area contributed by atoms with Crippen LogP contribution in [0.5, 0.6) is 5.88 Å². The van der Waals surface area contributed by atoms with E-state index in [-0.39, 0.29) is 36.0 Å². The van der Waals surface area contributed by atoms with Gasteiger partial charge >= 0.3 is 6.09 Å². The molecule has 160 valence electrons. The Bertz CT molecular complexity index is 908. The monoisotopic (exact) mass is 414 g/mol. The molecule has 0 saturated heterocycles. The number of aromatic nitrogens is 4. The first-order chi connectivity index (χ1) is 14.4. The SMILES string of the molecule is COc1cnc(CC(=O)Nc2cc([C@H]3CCC(OC(=O)NC4(C)CC4)C3)[nH]n2)cn1. The van der Waals surface area contributed by atoms with Gasteiger partial charge in [-0.1, -0.05) is 0 Å². The fraction of sp³-hybridized carbons (Fsp3) is 0.550. The van der Waals surface area contributed by atoms with Crippen LogP contribution < -0.4 is 15.4 Å². The second-order valence-corrected chi connectivity index (χ2v) is 8.21. The van der Waals surface area contributed by atoms with Gasteiger partial charge in [0.25, 0.3) is 0 Å². The molecule has 1 unspecified atom stereocenters. The van der Waals surface area contributed by atoms with Crippen LogP contribution in [-0.2, 0) is 16.0 Å². The summed E-state index contributed by atoms with van der Waals surface area (Å²) in [4.78, 5) is 32.4. The maximum atomic E-state index is 12.2. The predicted octanol–water partition coefficient (Wildman–Crippen LogP) is 2.30. The number of H-pyrrole nitrogens is 1. The Morgan fingerprint density at radius 3 is 2.80 bits per heavy atom. The molecule has 2 aliphatic rings. The highest BCUT2D eigenvalue weighted by Gasteiger charge is 2.40. The van der Waals surface area contributed by atoms with E-state index in [0.29, 0.717) is 17.4 Å². The molecule has 2 atom stereocenters. The molecule has 30 heavy (non-hydrogen) atoms. The van der Waals surface area contributed by atoms with Gasteiger partial charge in [0, 0.05) is 23.2 Å². The second kappa shape index (κ2) is 8.29. The van der Waals surface area contributed by atoms with E-state index in [1.807, 2.05) is 13.0 Å². The van der Waals surface area contributed by atoms with Gasteiger partial charge in [0.1, 0.15) is 6.10 Å². The van der Waals surface area contributed by atoms with Gasteiger partial charge in [0.2, 0.25) is 11.8 Å². The molecule has 0 radical (unpaired) electrons. The summed E-state index contributed by atoms with van der Waals surface area (Å²) in [5.41, 5.74) is 1.39. The Morgan fingerprint density at radius 2 is 2.10 bits per heavy atom. The number of nitrogens with zero attached hydrogens (tertiary/aromatic N) is 3. The van der Waals surface area contributed by atoms with E-state index in [9.17, 15) is 9.59 Å². The van der Waals surface area contributed by atoms with E-state index in [2.05, 4.69) is 30.8 Å². The van der Waals surface area contributed by atoms with Crippen molar-refractivity contribution in [2.75, 3.05) is 12.4 Å². The Hall–Kier alpha value is -3.17. The van der Waals surface area contributed by atoms with Crippen LogP contribution in [0.15, 0.2) is 18.5 Å². The molecule has 2 aromatic heterocycles. The average molecular weight is 414 g/mol. The molecule has 3 N–H and O–H groups in total. The van der Waals surface area contributed by atoms with Crippen LogP contribution in [0.3, 0.4) is 0 Å².